The molecule has 30 heavy (non-hydrogen) atoms. The Balaban J connectivity index is 1.75. The van der Waals surface area contributed by atoms with Crippen LogP contribution in [0.5, 0.6) is 0 Å². The number of carbonyl (C=O) groups is 2. The molecule has 0 bridgehead atoms. The molecule has 3 heterocycles. The minimum Gasteiger partial charge on any atom is -0.465 e. The van der Waals surface area contributed by atoms with Gasteiger partial charge in [-0.15, -0.1) is 0 Å². The number of likely N-dealkylation sites (N-methyl/N-ethyl adjacent to an activating group) is 1. The predicted molar refractivity (Wildman–Crippen MR) is 112 cm³/mol. The maximum atomic E-state index is 13.5. The zero-order valence-electron chi connectivity index (χ0n) is 17.8. The Morgan fingerprint density at radius 3 is 2.33 bits per heavy atom. The molecule has 2 aromatic rings. The summed E-state index contributed by atoms with van der Waals surface area (Å²) in [4.78, 5) is 34.6. The molecular weight excluding hydrogens is 384 g/mol. The van der Waals surface area contributed by atoms with E-state index in [1.165, 1.54) is 11.2 Å². The summed E-state index contributed by atoms with van der Waals surface area (Å²) in [6.45, 7) is 7.07. The van der Waals surface area contributed by atoms with Crippen LogP contribution in [0.3, 0.4) is 0 Å². The fourth-order valence-corrected chi connectivity index (χ4v) is 4.95. The molecule has 0 radical (unpaired) electrons. The minimum absolute atomic E-state index is 0.0618. The van der Waals surface area contributed by atoms with Crippen molar-refractivity contribution in [3.05, 3.63) is 30.6 Å². The molecule has 4 rings (SSSR count). The third-order valence-electron chi connectivity index (χ3n) is 6.26. The van der Waals surface area contributed by atoms with E-state index in [0.29, 0.717) is 31.8 Å². The average Bonchev–Trinajstić information content (AvgIpc) is 3.31. The highest BCUT2D eigenvalue weighted by atomic mass is 16.4. The first-order valence-electron chi connectivity index (χ1n) is 10.2. The van der Waals surface area contributed by atoms with Crippen LogP contribution in [0, 0.1) is 5.41 Å². The monoisotopic (exact) mass is 412 g/mol. The number of amides is 2. The molecule has 160 valence electrons. The van der Waals surface area contributed by atoms with E-state index in [2.05, 4.69) is 40.9 Å². The summed E-state index contributed by atoms with van der Waals surface area (Å²) in [5.74, 6) is 0.750. The molecule has 1 spiro atoms. The molecule has 9 nitrogen and oxygen atoms in total. The van der Waals surface area contributed by atoms with Crippen LogP contribution < -0.4 is 4.90 Å². The smallest absolute Gasteiger partial charge is 0.407 e. The van der Waals surface area contributed by atoms with Gasteiger partial charge in [-0.25, -0.2) is 9.78 Å². The lowest BCUT2D eigenvalue weighted by Crippen LogP contribution is -2.59. The molecule has 0 aliphatic carbocycles. The van der Waals surface area contributed by atoms with Crippen molar-refractivity contribution < 1.29 is 14.7 Å². The SMILES string of the molecule is CN1C(=O)C2(CCN(C(=O)O)CC2)N(c2ccc(-c3ncn[nH]3)cc2)C1C(C)(C)C. The Hall–Kier alpha value is -3.10. The van der Waals surface area contributed by atoms with Crippen molar-refractivity contribution in [2.24, 2.45) is 5.41 Å². The highest BCUT2D eigenvalue weighted by Gasteiger charge is 2.59. The molecule has 2 aliphatic rings. The number of nitrogens with zero attached hydrogens (tertiary/aromatic N) is 5. The van der Waals surface area contributed by atoms with Crippen molar-refractivity contribution in [1.29, 1.82) is 0 Å². The van der Waals surface area contributed by atoms with Crippen molar-refractivity contribution >= 4 is 17.7 Å². The van der Waals surface area contributed by atoms with E-state index < -0.39 is 11.6 Å². The van der Waals surface area contributed by atoms with Crippen LogP contribution >= 0.6 is 0 Å². The van der Waals surface area contributed by atoms with Crippen molar-refractivity contribution in [1.82, 2.24) is 25.0 Å². The Bertz CT molecular complexity index is 927. The third kappa shape index (κ3) is 3.09. The largest absolute Gasteiger partial charge is 0.465 e. The quantitative estimate of drug-likeness (QED) is 0.786. The first-order valence-corrected chi connectivity index (χ1v) is 10.2. The van der Waals surface area contributed by atoms with E-state index >= 15 is 0 Å². The van der Waals surface area contributed by atoms with Gasteiger partial charge in [0.1, 0.15) is 18.0 Å². The number of hydrogen-bond donors (Lipinski definition) is 2. The van der Waals surface area contributed by atoms with Gasteiger partial charge >= 0.3 is 6.09 Å². The molecule has 1 atom stereocenters. The molecule has 0 saturated carbocycles. The van der Waals surface area contributed by atoms with E-state index in [9.17, 15) is 14.7 Å². The first-order chi connectivity index (χ1) is 14.1. The van der Waals surface area contributed by atoms with Crippen LogP contribution in [-0.4, -0.2) is 73.9 Å². The maximum absolute atomic E-state index is 13.5. The number of carbonyl (C=O) groups excluding carboxylic acids is 1. The topological polar surface area (TPSA) is 106 Å². The lowest BCUT2D eigenvalue weighted by molar-refractivity contribution is -0.134. The first kappa shape index (κ1) is 20.2. The van der Waals surface area contributed by atoms with Crippen molar-refractivity contribution in [2.45, 2.75) is 45.3 Å². The Labute approximate surface area is 175 Å². The lowest BCUT2D eigenvalue weighted by Gasteiger charge is -2.47. The molecule has 2 aliphatic heterocycles. The Morgan fingerprint density at radius 1 is 1.20 bits per heavy atom. The van der Waals surface area contributed by atoms with Crippen molar-refractivity contribution in [3.8, 4) is 11.4 Å². The summed E-state index contributed by atoms with van der Waals surface area (Å²) < 4.78 is 0. The van der Waals surface area contributed by atoms with Crippen LogP contribution in [0.4, 0.5) is 10.5 Å². The number of aromatic amines is 1. The van der Waals surface area contributed by atoms with Gasteiger partial charge in [0.15, 0.2) is 5.82 Å². The number of piperidine rings is 1. The molecule has 1 unspecified atom stereocenters. The Kier molecular flexibility index (Phi) is 4.71. The van der Waals surface area contributed by atoms with E-state index in [-0.39, 0.29) is 17.5 Å². The van der Waals surface area contributed by atoms with Gasteiger partial charge in [-0.3, -0.25) is 9.89 Å². The fourth-order valence-electron chi connectivity index (χ4n) is 4.95. The molecular formula is C21H28N6O3. The number of carboxylic acid groups (broad SMARTS) is 1. The summed E-state index contributed by atoms with van der Waals surface area (Å²) in [5.41, 5.74) is 0.922. The van der Waals surface area contributed by atoms with Gasteiger partial charge in [0.2, 0.25) is 5.91 Å². The lowest BCUT2D eigenvalue weighted by atomic mass is 9.83. The third-order valence-corrected chi connectivity index (χ3v) is 6.26. The van der Waals surface area contributed by atoms with Gasteiger partial charge in [0, 0.05) is 36.8 Å². The fraction of sp³-hybridized carbons (Fsp3) is 0.524. The van der Waals surface area contributed by atoms with Crippen molar-refractivity contribution in [3.63, 3.8) is 0 Å². The number of benzene rings is 1. The summed E-state index contributed by atoms with van der Waals surface area (Å²) in [7, 11) is 1.85. The normalized spacial score (nSPS) is 21.5. The van der Waals surface area contributed by atoms with Gasteiger partial charge in [0.25, 0.3) is 0 Å². The molecule has 2 amide bonds. The standard InChI is InChI=1S/C21H28N6O3/c1-20(2,3)17-25(4)18(28)21(9-11-26(12-10-21)19(29)30)27(17)15-7-5-14(6-8-15)16-22-13-23-24-16/h5-8,13,17H,9-12H2,1-4H3,(H,29,30)(H,22,23,24). The van der Waals surface area contributed by atoms with E-state index in [4.69, 9.17) is 0 Å². The van der Waals surface area contributed by atoms with Crippen LogP contribution in [0.15, 0.2) is 30.6 Å². The van der Waals surface area contributed by atoms with E-state index in [0.717, 1.165) is 11.3 Å². The van der Waals surface area contributed by atoms with Gasteiger partial charge in [-0.05, 0) is 37.1 Å². The predicted octanol–water partition coefficient (Wildman–Crippen LogP) is 2.63. The maximum Gasteiger partial charge on any atom is 0.407 e. The van der Waals surface area contributed by atoms with Crippen LogP contribution in [0.2, 0.25) is 0 Å². The number of rotatable bonds is 2. The number of likely N-dealkylation sites (tertiary alicyclic amines) is 1. The highest BCUT2D eigenvalue weighted by molar-refractivity contribution is 5.94. The van der Waals surface area contributed by atoms with Crippen molar-refractivity contribution in [2.75, 3.05) is 25.0 Å². The second kappa shape index (κ2) is 7.00. The van der Waals surface area contributed by atoms with Gasteiger partial charge < -0.3 is 19.8 Å². The number of anilines is 1. The zero-order valence-corrected chi connectivity index (χ0v) is 17.8. The number of H-pyrrole nitrogens is 1. The second-order valence-corrected chi connectivity index (χ2v) is 9.21. The van der Waals surface area contributed by atoms with E-state index in [1.54, 1.807) is 0 Å². The van der Waals surface area contributed by atoms with Gasteiger partial charge in [0.05, 0.1) is 0 Å². The highest BCUT2D eigenvalue weighted by Crippen LogP contribution is 2.47. The Morgan fingerprint density at radius 2 is 1.83 bits per heavy atom. The van der Waals surface area contributed by atoms with Crippen LogP contribution in [-0.2, 0) is 4.79 Å². The molecule has 2 saturated heterocycles. The molecule has 1 aromatic carbocycles. The number of hydrogen-bond acceptors (Lipinski definition) is 5. The molecule has 1 aromatic heterocycles. The second-order valence-electron chi connectivity index (χ2n) is 9.21. The molecule has 2 N–H and O–H groups in total. The molecule has 9 heteroatoms. The summed E-state index contributed by atoms with van der Waals surface area (Å²) in [6, 6.07) is 7.96. The van der Waals surface area contributed by atoms with Crippen LogP contribution in [0.1, 0.15) is 33.6 Å². The molecule has 2 fully saturated rings. The van der Waals surface area contributed by atoms with E-state index in [1.807, 2.05) is 36.2 Å². The number of aromatic nitrogens is 3. The zero-order chi connectivity index (χ0) is 21.7. The van der Waals surface area contributed by atoms with Gasteiger partial charge in [-0.2, -0.15) is 5.10 Å². The van der Waals surface area contributed by atoms with Gasteiger partial charge in [-0.1, -0.05) is 20.8 Å². The summed E-state index contributed by atoms with van der Waals surface area (Å²) in [5, 5.41) is 16.1. The average molecular weight is 412 g/mol. The number of nitrogens with one attached hydrogen (secondary N) is 1. The summed E-state index contributed by atoms with van der Waals surface area (Å²) in [6.07, 6.45) is 1.34. The summed E-state index contributed by atoms with van der Waals surface area (Å²) >= 11 is 0. The minimum atomic E-state index is -0.931. The van der Waals surface area contributed by atoms with Crippen LogP contribution in [0.25, 0.3) is 11.4 Å².